The van der Waals surface area contributed by atoms with Crippen molar-refractivity contribution in [2.24, 2.45) is 0 Å². The van der Waals surface area contributed by atoms with Crippen LogP contribution in [0, 0.1) is 0 Å². The number of benzene rings is 2. The Morgan fingerprint density at radius 3 is 2.52 bits per heavy atom. The van der Waals surface area contributed by atoms with Crippen LogP contribution in [0.3, 0.4) is 0 Å². The molecule has 2 aromatic carbocycles. The number of Topliss-reactive ketones (excluding diaryl/α,β-unsaturated/α-hetero) is 1. The van der Waals surface area contributed by atoms with Crippen molar-refractivity contribution in [2.75, 3.05) is 0 Å². The SMILES string of the molecule is CC(=O)C1(OC(=O)c2cccc3ccccc23)CC=C(C)CC1. The molecule has 0 saturated carbocycles. The van der Waals surface area contributed by atoms with Crippen LogP contribution in [0.1, 0.15) is 43.5 Å². The standard InChI is InChI=1S/C20H20O3/c1-14-10-12-20(13-11-14,15(2)21)23-19(22)18-9-5-7-16-6-3-4-8-17(16)18/h3-10H,11-13H2,1-2H3. The van der Waals surface area contributed by atoms with Gasteiger partial charge in [0.05, 0.1) is 5.56 Å². The lowest BCUT2D eigenvalue weighted by Gasteiger charge is -2.33. The number of hydrogen-bond donors (Lipinski definition) is 0. The fraction of sp³-hybridized carbons (Fsp3) is 0.300. The van der Waals surface area contributed by atoms with Gasteiger partial charge in [-0.1, -0.05) is 48.0 Å². The van der Waals surface area contributed by atoms with Gasteiger partial charge in [-0.15, -0.1) is 0 Å². The molecule has 0 N–H and O–H groups in total. The third-order valence-corrected chi connectivity index (χ3v) is 4.64. The summed E-state index contributed by atoms with van der Waals surface area (Å²) in [6.45, 7) is 3.54. The summed E-state index contributed by atoms with van der Waals surface area (Å²) in [5.74, 6) is -0.514. The molecule has 1 unspecified atom stereocenters. The van der Waals surface area contributed by atoms with Crippen molar-refractivity contribution in [1.82, 2.24) is 0 Å². The van der Waals surface area contributed by atoms with E-state index in [1.54, 1.807) is 6.07 Å². The highest BCUT2D eigenvalue weighted by Gasteiger charge is 2.40. The molecule has 1 aliphatic rings. The normalized spacial score (nSPS) is 20.9. The summed E-state index contributed by atoms with van der Waals surface area (Å²) in [7, 11) is 0. The van der Waals surface area contributed by atoms with E-state index in [-0.39, 0.29) is 5.78 Å². The van der Waals surface area contributed by atoms with Crippen molar-refractivity contribution in [2.45, 2.75) is 38.7 Å². The average Bonchev–Trinajstić information content (AvgIpc) is 2.56. The van der Waals surface area contributed by atoms with E-state index in [0.29, 0.717) is 18.4 Å². The summed E-state index contributed by atoms with van der Waals surface area (Å²) in [6.07, 6.45) is 3.80. The number of allylic oxidation sites excluding steroid dienone is 1. The lowest BCUT2D eigenvalue weighted by Crippen LogP contribution is -2.43. The van der Waals surface area contributed by atoms with Crippen LogP contribution in [0.5, 0.6) is 0 Å². The maximum Gasteiger partial charge on any atom is 0.339 e. The molecule has 0 bridgehead atoms. The Hall–Kier alpha value is -2.42. The smallest absolute Gasteiger partial charge is 0.339 e. The van der Waals surface area contributed by atoms with E-state index in [9.17, 15) is 9.59 Å². The van der Waals surface area contributed by atoms with Crippen molar-refractivity contribution in [1.29, 1.82) is 0 Å². The summed E-state index contributed by atoms with van der Waals surface area (Å²) < 4.78 is 5.75. The number of ketones is 1. The molecule has 0 aromatic heterocycles. The lowest BCUT2D eigenvalue weighted by atomic mass is 9.83. The Bertz CT molecular complexity index is 798. The number of carbonyl (C=O) groups is 2. The predicted octanol–water partition coefficient (Wildman–Crippen LogP) is 4.45. The van der Waals surface area contributed by atoms with Crippen LogP contribution in [-0.4, -0.2) is 17.4 Å². The van der Waals surface area contributed by atoms with Gasteiger partial charge in [-0.25, -0.2) is 4.79 Å². The molecular weight excluding hydrogens is 288 g/mol. The number of esters is 1. The summed E-state index contributed by atoms with van der Waals surface area (Å²) in [6, 6.07) is 13.2. The molecule has 0 saturated heterocycles. The number of fused-ring (bicyclic) bond motifs is 1. The Morgan fingerprint density at radius 2 is 1.83 bits per heavy atom. The van der Waals surface area contributed by atoms with E-state index >= 15 is 0 Å². The highest BCUT2D eigenvalue weighted by molar-refractivity contribution is 6.05. The Kier molecular flexibility index (Phi) is 4.03. The van der Waals surface area contributed by atoms with Gasteiger partial charge in [0.2, 0.25) is 0 Å². The van der Waals surface area contributed by atoms with E-state index in [4.69, 9.17) is 4.74 Å². The third kappa shape index (κ3) is 2.91. The molecule has 118 valence electrons. The van der Waals surface area contributed by atoms with E-state index in [1.165, 1.54) is 12.5 Å². The molecule has 23 heavy (non-hydrogen) atoms. The van der Waals surface area contributed by atoms with Crippen LogP contribution >= 0.6 is 0 Å². The fourth-order valence-corrected chi connectivity index (χ4v) is 3.06. The Balaban J connectivity index is 1.95. The molecule has 3 heteroatoms. The van der Waals surface area contributed by atoms with E-state index < -0.39 is 11.6 Å². The minimum Gasteiger partial charge on any atom is -0.447 e. The van der Waals surface area contributed by atoms with E-state index in [2.05, 4.69) is 0 Å². The fourth-order valence-electron chi connectivity index (χ4n) is 3.06. The zero-order chi connectivity index (χ0) is 16.4. The maximum atomic E-state index is 12.7. The molecular formula is C20H20O3. The van der Waals surface area contributed by atoms with Crippen LogP contribution in [0.2, 0.25) is 0 Å². The van der Waals surface area contributed by atoms with Crippen LogP contribution in [0.4, 0.5) is 0 Å². The number of rotatable bonds is 3. The molecule has 3 rings (SSSR count). The first kappa shape index (κ1) is 15.5. The quantitative estimate of drug-likeness (QED) is 0.621. The number of ether oxygens (including phenoxy) is 1. The van der Waals surface area contributed by atoms with Crippen LogP contribution < -0.4 is 0 Å². The zero-order valence-electron chi connectivity index (χ0n) is 13.5. The highest BCUT2D eigenvalue weighted by atomic mass is 16.6. The van der Waals surface area contributed by atoms with Crippen molar-refractivity contribution in [3.63, 3.8) is 0 Å². The van der Waals surface area contributed by atoms with Crippen LogP contribution in [0.25, 0.3) is 10.8 Å². The number of hydrogen-bond acceptors (Lipinski definition) is 3. The summed E-state index contributed by atoms with van der Waals surface area (Å²) in [4.78, 5) is 24.9. The van der Waals surface area contributed by atoms with Crippen LogP contribution in [0.15, 0.2) is 54.1 Å². The second-order valence-corrected chi connectivity index (χ2v) is 6.22. The topological polar surface area (TPSA) is 43.4 Å². The zero-order valence-corrected chi connectivity index (χ0v) is 13.5. The van der Waals surface area contributed by atoms with Gasteiger partial charge < -0.3 is 4.74 Å². The van der Waals surface area contributed by atoms with Crippen molar-refractivity contribution in [3.05, 3.63) is 59.7 Å². The third-order valence-electron chi connectivity index (χ3n) is 4.64. The average molecular weight is 308 g/mol. The molecule has 1 aliphatic carbocycles. The monoisotopic (exact) mass is 308 g/mol. The van der Waals surface area contributed by atoms with Gasteiger partial charge in [-0.3, -0.25) is 4.79 Å². The second-order valence-electron chi connectivity index (χ2n) is 6.22. The maximum absolute atomic E-state index is 12.7. The van der Waals surface area contributed by atoms with Gasteiger partial charge in [-0.05, 0) is 43.5 Å². The predicted molar refractivity (Wildman–Crippen MR) is 90.4 cm³/mol. The van der Waals surface area contributed by atoms with Gasteiger partial charge in [0, 0.05) is 6.42 Å². The molecule has 0 radical (unpaired) electrons. The van der Waals surface area contributed by atoms with Crippen molar-refractivity contribution < 1.29 is 14.3 Å². The molecule has 0 fully saturated rings. The van der Waals surface area contributed by atoms with E-state index in [0.717, 1.165) is 17.2 Å². The second kappa shape index (κ2) is 5.99. The number of carbonyl (C=O) groups excluding carboxylic acids is 2. The van der Waals surface area contributed by atoms with Crippen LogP contribution in [-0.2, 0) is 9.53 Å². The first-order valence-corrected chi connectivity index (χ1v) is 7.90. The first-order valence-electron chi connectivity index (χ1n) is 7.90. The first-order chi connectivity index (χ1) is 11.0. The molecule has 0 aliphatic heterocycles. The summed E-state index contributed by atoms with van der Waals surface area (Å²) in [5, 5.41) is 1.83. The largest absolute Gasteiger partial charge is 0.447 e. The molecule has 3 nitrogen and oxygen atoms in total. The Morgan fingerprint density at radius 1 is 1.09 bits per heavy atom. The van der Waals surface area contributed by atoms with Crippen molar-refractivity contribution in [3.8, 4) is 0 Å². The van der Waals surface area contributed by atoms with Gasteiger partial charge in [0.25, 0.3) is 0 Å². The highest BCUT2D eigenvalue weighted by Crippen LogP contribution is 2.33. The molecule has 0 amide bonds. The Labute approximate surface area is 136 Å². The molecule has 2 aromatic rings. The molecule has 1 atom stereocenters. The van der Waals surface area contributed by atoms with Crippen molar-refractivity contribution >= 4 is 22.5 Å². The van der Waals surface area contributed by atoms with Gasteiger partial charge in [0.1, 0.15) is 0 Å². The van der Waals surface area contributed by atoms with Gasteiger partial charge in [-0.2, -0.15) is 0 Å². The summed E-state index contributed by atoms with van der Waals surface area (Å²) in [5.41, 5.74) is 0.728. The summed E-state index contributed by atoms with van der Waals surface area (Å²) >= 11 is 0. The molecule has 0 spiro atoms. The molecule has 0 heterocycles. The minimum atomic E-state index is -1.02. The lowest BCUT2D eigenvalue weighted by molar-refractivity contribution is -0.137. The van der Waals surface area contributed by atoms with Gasteiger partial charge >= 0.3 is 5.97 Å². The van der Waals surface area contributed by atoms with Gasteiger partial charge in [0.15, 0.2) is 11.4 Å². The minimum absolute atomic E-state index is 0.0881. The van der Waals surface area contributed by atoms with E-state index in [1.807, 2.05) is 49.4 Å².